The Morgan fingerprint density at radius 2 is 1.97 bits per heavy atom. The number of benzene rings is 2. The van der Waals surface area contributed by atoms with Gasteiger partial charge in [0.25, 0.3) is 0 Å². The molecule has 0 unspecified atom stereocenters. The molecule has 0 radical (unpaired) electrons. The number of nitrogens with two attached hydrogens (primary N) is 1. The van der Waals surface area contributed by atoms with Crippen LogP contribution in [0.4, 0.5) is 0 Å². The van der Waals surface area contributed by atoms with Gasteiger partial charge in [-0.2, -0.15) is 5.26 Å². The monoisotopic (exact) mass is 460 g/mol. The molecule has 1 aliphatic heterocycles. The number of nitriles is 1. The van der Waals surface area contributed by atoms with E-state index in [4.69, 9.17) is 24.7 Å². The van der Waals surface area contributed by atoms with E-state index in [9.17, 15) is 14.9 Å². The van der Waals surface area contributed by atoms with Gasteiger partial charge in [0.2, 0.25) is 5.88 Å². The van der Waals surface area contributed by atoms with E-state index < -0.39 is 11.9 Å². The van der Waals surface area contributed by atoms with E-state index in [2.05, 4.69) is 6.07 Å². The van der Waals surface area contributed by atoms with Crippen molar-refractivity contribution in [3.8, 4) is 17.6 Å². The number of Topliss-reactive ketones (excluding diaryl/α,β-unsaturated/α-hetero) is 1. The third-order valence-electron chi connectivity index (χ3n) is 5.93. The molecule has 34 heavy (non-hydrogen) atoms. The van der Waals surface area contributed by atoms with Gasteiger partial charge in [-0.3, -0.25) is 4.79 Å². The first kappa shape index (κ1) is 22.9. The van der Waals surface area contributed by atoms with Gasteiger partial charge in [0.05, 0.1) is 31.8 Å². The molecule has 1 atom stereocenters. The van der Waals surface area contributed by atoms with Crippen LogP contribution in [-0.4, -0.2) is 26.0 Å². The number of hydrogen-bond acceptors (Lipinski definition) is 8. The second kappa shape index (κ2) is 9.71. The molecule has 1 aliphatic carbocycles. The Hall–Kier alpha value is -4.25. The summed E-state index contributed by atoms with van der Waals surface area (Å²) >= 11 is 0. The van der Waals surface area contributed by atoms with Crippen LogP contribution in [0.15, 0.2) is 65.3 Å². The molecule has 0 spiro atoms. The van der Waals surface area contributed by atoms with Gasteiger partial charge in [0.1, 0.15) is 17.9 Å². The van der Waals surface area contributed by atoms with Crippen molar-refractivity contribution in [2.45, 2.75) is 31.8 Å². The summed E-state index contributed by atoms with van der Waals surface area (Å²) in [5.41, 5.74) is 8.49. The standard InChI is InChI=1S/C26H24N2O6/c1-31-21-12-15(10-11-19(21)33-14-17-7-4-3-6-16(17)13-27)22-23-18(29)8-5-9-20(23)34-25(28)24(22)26(30)32-2/h3-4,6-7,10-12,22H,5,8-9,14,28H2,1-2H3/t22-/m0/s1. The lowest BCUT2D eigenvalue weighted by molar-refractivity contribution is -0.136. The molecule has 4 rings (SSSR count). The molecule has 0 amide bonds. The van der Waals surface area contributed by atoms with Gasteiger partial charge in [-0.1, -0.05) is 24.3 Å². The lowest BCUT2D eigenvalue weighted by atomic mass is 9.77. The normalized spacial score (nSPS) is 17.4. The molecule has 2 N–H and O–H groups in total. The summed E-state index contributed by atoms with van der Waals surface area (Å²) in [6.07, 6.45) is 1.58. The van der Waals surface area contributed by atoms with Crippen LogP contribution in [0, 0.1) is 11.3 Å². The van der Waals surface area contributed by atoms with Crippen molar-refractivity contribution >= 4 is 11.8 Å². The maximum absolute atomic E-state index is 12.9. The highest BCUT2D eigenvalue weighted by Crippen LogP contribution is 2.45. The minimum absolute atomic E-state index is 0.0716. The number of ether oxygens (including phenoxy) is 4. The van der Waals surface area contributed by atoms with Crippen LogP contribution in [0.1, 0.15) is 41.9 Å². The summed E-state index contributed by atoms with van der Waals surface area (Å²) in [6.45, 7) is 0.171. The fraction of sp³-hybridized carbons (Fsp3) is 0.269. The van der Waals surface area contributed by atoms with Gasteiger partial charge in [-0.25, -0.2) is 4.79 Å². The molecule has 0 bridgehead atoms. The van der Waals surface area contributed by atoms with E-state index in [0.29, 0.717) is 53.2 Å². The summed E-state index contributed by atoms with van der Waals surface area (Å²) in [6, 6.07) is 14.5. The zero-order valence-corrected chi connectivity index (χ0v) is 18.9. The largest absolute Gasteiger partial charge is 0.493 e. The van der Waals surface area contributed by atoms with E-state index >= 15 is 0 Å². The number of esters is 1. The number of allylic oxidation sites excluding steroid dienone is 2. The van der Waals surface area contributed by atoms with Crippen molar-refractivity contribution in [3.05, 3.63) is 81.9 Å². The van der Waals surface area contributed by atoms with Crippen LogP contribution in [0.25, 0.3) is 0 Å². The zero-order chi connectivity index (χ0) is 24.2. The average molecular weight is 460 g/mol. The number of nitrogens with zero attached hydrogens (tertiary/aromatic N) is 1. The van der Waals surface area contributed by atoms with Crippen molar-refractivity contribution in [2.24, 2.45) is 5.73 Å². The van der Waals surface area contributed by atoms with Crippen LogP contribution in [0.2, 0.25) is 0 Å². The SMILES string of the molecule is COC(=O)C1=C(N)OC2=C(C(=O)CCC2)[C@@H]1c1ccc(OCc2ccccc2C#N)c(OC)c1. The smallest absolute Gasteiger partial charge is 0.340 e. The molecule has 0 saturated heterocycles. The lowest BCUT2D eigenvalue weighted by Gasteiger charge is -2.32. The van der Waals surface area contributed by atoms with Crippen LogP contribution >= 0.6 is 0 Å². The van der Waals surface area contributed by atoms with Crippen LogP contribution in [-0.2, 0) is 25.7 Å². The lowest BCUT2D eigenvalue weighted by Crippen LogP contribution is -2.31. The Labute approximate surface area is 197 Å². The van der Waals surface area contributed by atoms with Crippen molar-refractivity contribution in [2.75, 3.05) is 14.2 Å². The third-order valence-corrected chi connectivity index (χ3v) is 5.93. The number of hydrogen-bond donors (Lipinski definition) is 1. The van der Waals surface area contributed by atoms with Crippen LogP contribution in [0.5, 0.6) is 11.5 Å². The zero-order valence-electron chi connectivity index (χ0n) is 18.9. The minimum Gasteiger partial charge on any atom is -0.493 e. The first-order valence-electron chi connectivity index (χ1n) is 10.8. The molecule has 174 valence electrons. The van der Waals surface area contributed by atoms with E-state index in [-0.39, 0.29) is 23.8 Å². The van der Waals surface area contributed by atoms with Gasteiger partial charge in [0, 0.05) is 24.0 Å². The van der Waals surface area contributed by atoms with E-state index in [1.807, 2.05) is 12.1 Å². The Morgan fingerprint density at radius 3 is 2.71 bits per heavy atom. The summed E-state index contributed by atoms with van der Waals surface area (Å²) in [7, 11) is 2.75. The summed E-state index contributed by atoms with van der Waals surface area (Å²) in [5, 5.41) is 9.30. The predicted molar refractivity (Wildman–Crippen MR) is 121 cm³/mol. The van der Waals surface area contributed by atoms with E-state index in [0.717, 1.165) is 5.56 Å². The fourth-order valence-electron chi connectivity index (χ4n) is 4.29. The molecule has 0 aromatic heterocycles. The molecule has 8 nitrogen and oxygen atoms in total. The predicted octanol–water partition coefficient (Wildman–Crippen LogP) is 3.61. The highest BCUT2D eigenvalue weighted by Gasteiger charge is 2.41. The molecule has 2 aliphatic rings. The molecule has 2 aromatic carbocycles. The molecule has 0 fully saturated rings. The quantitative estimate of drug-likeness (QED) is 0.649. The van der Waals surface area contributed by atoms with Gasteiger partial charge < -0.3 is 24.7 Å². The topological polar surface area (TPSA) is 121 Å². The number of rotatable bonds is 6. The van der Waals surface area contributed by atoms with Gasteiger partial charge in [0.15, 0.2) is 17.3 Å². The Bertz CT molecular complexity index is 1250. The minimum atomic E-state index is -0.744. The maximum Gasteiger partial charge on any atom is 0.340 e. The number of ketones is 1. The van der Waals surface area contributed by atoms with Gasteiger partial charge in [-0.15, -0.1) is 0 Å². The van der Waals surface area contributed by atoms with Gasteiger partial charge >= 0.3 is 5.97 Å². The van der Waals surface area contributed by atoms with Crippen molar-refractivity contribution in [3.63, 3.8) is 0 Å². The van der Waals surface area contributed by atoms with E-state index in [1.54, 1.807) is 30.3 Å². The summed E-state index contributed by atoms with van der Waals surface area (Å²) < 4.78 is 22.1. The average Bonchev–Trinajstić information content (AvgIpc) is 2.86. The second-order valence-electron chi connectivity index (χ2n) is 7.89. The van der Waals surface area contributed by atoms with Crippen molar-refractivity contribution in [1.29, 1.82) is 5.26 Å². The summed E-state index contributed by atoms with van der Waals surface area (Å²) in [4.78, 5) is 25.5. The van der Waals surface area contributed by atoms with Crippen LogP contribution < -0.4 is 15.2 Å². The first-order valence-corrected chi connectivity index (χ1v) is 10.8. The highest BCUT2D eigenvalue weighted by molar-refractivity contribution is 6.03. The number of carbonyl (C=O) groups excluding carboxylic acids is 2. The Kier molecular flexibility index (Phi) is 6.55. The Morgan fingerprint density at radius 1 is 1.18 bits per heavy atom. The highest BCUT2D eigenvalue weighted by atomic mass is 16.5. The second-order valence-corrected chi connectivity index (χ2v) is 7.89. The molecular formula is C26H24N2O6. The van der Waals surface area contributed by atoms with Gasteiger partial charge in [-0.05, 0) is 30.2 Å². The molecule has 1 heterocycles. The number of methoxy groups -OCH3 is 2. The molecule has 0 saturated carbocycles. The van der Waals surface area contributed by atoms with Crippen molar-refractivity contribution < 1.29 is 28.5 Å². The molecule has 2 aromatic rings. The summed E-state index contributed by atoms with van der Waals surface area (Å²) in [5.74, 6) is -0.228. The van der Waals surface area contributed by atoms with Crippen molar-refractivity contribution in [1.82, 2.24) is 0 Å². The molecule has 8 heteroatoms. The molecular weight excluding hydrogens is 436 g/mol. The third kappa shape index (κ3) is 4.20. The van der Waals surface area contributed by atoms with E-state index in [1.165, 1.54) is 14.2 Å². The first-order chi connectivity index (χ1) is 16.5. The van der Waals surface area contributed by atoms with Crippen LogP contribution in [0.3, 0.4) is 0 Å². The maximum atomic E-state index is 12.9. The Balaban J connectivity index is 1.72. The number of carbonyl (C=O) groups is 2. The fourth-order valence-corrected chi connectivity index (χ4v) is 4.29.